The molecule has 4 heterocycles. The minimum absolute atomic E-state index is 0.0302. The molecule has 154 valence electrons. The molecule has 0 atom stereocenters. The smallest absolute Gasteiger partial charge is 0.255 e. The van der Waals surface area contributed by atoms with Crippen LogP contribution >= 0.6 is 0 Å². The van der Waals surface area contributed by atoms with E-state index in [0.717, 1.165) is 35.4 Å². The lowest BCUT2D eigenvalue weighted by atomic mass is 9.92. The van der Waals surface area contributed by atoms with Gasteiger partial charge in [0.25, 0.3) is 5.56 Å². The highest BCUT2D eigenvalue weighted by molar-refractivity contribution is 5.86. The van der Waals surface area contributed by atoms with Crippen LogP contribution in [0, 0.1) is 0 Å². The molecular formula is C26H24N4O. The number of hydrogen-bond acceptors (Lipinski definition) is 2. The van der Waals surface area contributed by atoms with Gasteiger partial charge in [-0.25, -0.2) is 0 Å². The maximum atomic E-state index is 13.0. The molecule has 2 aromatic carbocycles. The molecule has 0 radical (unpaired) electrons. The molecular weight excluding hydrogens is 384 g/mol. The molecule has 0 saturated carbocycles. The summed E-state index contributed by atoms with van der Waals surface area (Å²) < 4.78 is 3.81. The molecule has 0 aliphatic carbocycles. The van der Waals surface area contributed by atoms with Crippen molar-refractivity contribution in [3.63, 3.8) is 0 Å². The van der Waals surface area contributed by atoms with Crippen molar-refractivity contribution in [3.8, 4) is 16.8 Å². The van der Waals surface area contributed by atoms with Crippen molar-refractivity contribution >= 4 is 21.8 Å². The Kier molecular flexibility index (Phi) is 3.95. The van der Waals surface area contributed by atoms with Crippen LogP contribution in [0.1, 0.15) is 11.5 Å². The second-order valence-corrected chi connectivity index (χ2v) is 8.72. The van der Waals surface area contributed by atoms with Crippen molar-refractivity contribution in [1.82, 2.24) is 19.0 Å². The Bertz CT molecular complexity index is 1500. The van der Waals surface area contributed by atoms with Crippen molar-refractivity contribution in [2.24, 2.45) is 7.05 Å². The molecule has 1 N–H and O–H groups in total. The normalized spacial score (nSPS) is 15.0. The van der Waals surface area contributed by atoms with Gasteiger partial charge >= 0.3 is 0 Å². The van der Waals surface area contributed by atoms with Gasteiger partial charge in [0.1, 0.15) is 0 Å². The predicted molar refractivity (Wildman–Crippen MR) is 126 cm³/mol. The Morgan fingerprint density at radius 3 is 2.55 bits per heavy atom. The number of H-pyrrole nitrogens is 1. The van der Waals surface area contributed by atoms with Crippen LogP contribution in [0.3, 0.4) is 0 Å². The number of aromatic amines is 1. The van der Waals surface area contributed by atoms with E-state index in [2.05, 4.69) is 70.3 Å². The van der Waals surface area contributed by atoms with Crippen LogP contribution in [0.4, 0.5) is 0 Å². The second kappa shape index (κ2) is 6.72. The number of nitrogens with one attached hydrogen (secondary N) is 1. The minimum Gasteiger partial charge on any atom is -0.361 e. The average Bonchev–Trinajstić information content (AvgIpc) is 3.34. The lowest BCUT2D eigenvalue weighted by Gasteiger charge is -2.36. The van der Waals surface area contributed by atoms with Gasteiger partial charge in [-0.05, 0) is 60.1 Å². The number of rotatable bonds is 3. The fourth-order valence-corrected chi connectivity index (χ4v) is 4.85. The van der Waals surface area contributed by atoms with Gasteiger partial charge in [-0.1, -0.05) is 12.1 Å². The highest BCUT2D eigenvalue weighted by atomic mass is 16.1. The lowest BCUT2D eigenvalue weighted by molar-refractivity contribution is 0.190. The van der Waals surface area contributed by atoms with E-state index >= 15 is 0 Å². The second-order valence-electron chi connectivity index (χ2n) is 8.72. The third kappa shape index (κ3) is 2.93. The number of hydrogen-bond donors (Lipinski definition) is 1. The maximum Gasteiger partial charge on any atom is 0.255 e. The van der Waals surface area contributed by atoms with E-state index < -0.39 is 0 Å². The predicted octanol–water partition coefficient (Wildman–Crippen LogP) is 4.51. The van der Waals surface area contributed by atoms with Gasteiger partial charge < -0.3 is 14.5 Å². The molecule has 6 rings (SSSR count). The van der Waals surface area contributed by atoms with Crippen molar-refractivity contribution in [3.05, 3.63) is 89.1 Å². The number of aryl methyl sites for hydroxylation is 1. The SMILES string of the molecule is CN1CC(c2c[nH]c3cc(-n4ccc(-c5ccc6c(ccn6C)c5)cc4=O)ccc23)C1. The summed E-state index contributed by atoms with van der Waals surface area (Å²) in [5, 5.41) is 2.43. The van der Waals surface area contributed by atoms with Crippen LogP contribution in [0.15, 0.2) is 78.0 Å². The zero-order chi connectivity index (χ0) is 21.1. The topological polar surface area (TPSA) is 46.0 Å². The van der Waals surface area contributed by atoms with Crippen molar-refractivity contribution in [2.75, 3.05) is 20.1 Å². The Labute approximate surface area is 180 Å². The van der Waals surface area contributed by atoms with Gasteiger partial charge in [-0.2, -0.15) is 0 Å². The first-order valence-electron chi connectivity index (χ1n) is 10.6. The Hall–Kier alpha value is -3.57. The summed E-state index contributed by atoms with van der Waals surface area (Å²) in [6.45, 7) is 2.20. The average molecular weight is 409 g/mol. The highest BCUT2D eigenvalue weighted by Crippen LogP contribution is 2.32. The van der Waals surface area contributed by atoms with Gasteiger partial charge in [0.15, 0.2) is 0 Å². The number of likely N-dealkylation sites (tertiary alicyclic amines) is 1. The quantitative estimate of drug-likeness (QED) is 0.478. The molecule has 0 unspecified atom stereocenters. The first-order chi connectivity index (χ1) is 15.1. The summed E-state index contributed by atoms with van der Waals surface area (Å²) in [4.78, 5) is 18.7. The van der Waals surface area contributed by atoms with Gasteiger partial charge in [-0.3, -0.25) is 9.36 Å². The minimum atomic E-state index is -0.0302. The van der Waals surface area contributed by atoms with E-state index in [9.17, 15) is 4.79 Å². The largest absolute Gasteiger partial charge is 0.361 e. The fourth-order valence-electron chi connectivity index (χ4n) is 4.85. The van der Waals surface area contributed by atoms with Crippen LogP contribution in [0.25, 0.3) is 38.6 Å². The lowest BCUT2D eigenvalue weighted by Crippen LogP contribution is -2.41. The molecule has 0 amide bonds. The Balaban J connectivity index is 1.35. The molecule has 1 saturated heterocycles. The van der Waals surface area contributed by atoms with E-state index in [1.54, 1.807) is 10.6 Å². The van der Waals surface area contributed by atoms with Gasteiger partial charge in [0.2, 0.25) is 0 Å². The zero-order valence-electron chi connectivity index (χ0n) is 17.7. The maximum absolute atomic E-state index is 13.0. The van der Waals surface area contributed by atoms with E-state index in [-0.39, 0.29) is 5.56 Å². The van der Waals surface area contributed by atoms with Gasteiger partial charge in [-0.15, -0.1) is 0 Å². The number of likely N-dealkylation sites (N-methyl/N-ethyl adjacent to an activating group) is 1. The molecule has 0 bridgehead atoms. The van der Waals surface area contributed by atoms with Crippen LogP contribution in [0.5, 0.6) is 0 Å². The van der Waals surface area contributed by atoms with Crippen LogP contribution in [-0.2, 0) is 7.05 Å². The molecule has 5 aromatic rings. The van der Waals surface area contributed by atoms with Crippen LogP contribution < -0.4 is 5.56 Å². The zero-order valence-corrected chi connectivity index (χ0v) is 17.7. The van der Waals surface area contributed by atoms with E-state index in [1.165, 1.54) is 21.9 Å². The van der Waals surface area contributed by atoms with Gasteiger partial charge in [0, 0.05) is 72.5 Å². The monoisotopic (exact) mass is 408 g/mol. The first kappa shape index (κ1) is 18.2. The molecule has 1 aliphatic heterocycles. The summed E-state index contributed by atoms with van der Waals surface area (Å²) in [6.07, 6.45) is 6.05. The molecule has 1 fully saturated rings. The molecule has 3 aromatic heterocycles. The summed E-state index contributed by atoms with van der Waals surface area (Å²) in [5.41, 5.74) is 6.47. The van der Waals surface area contributed by atoms with Gasteiger partial charge in [0.05, 0.1) is 5.69 Å². The van der Waals surface area contributed by atoms with E-state index in [1.807, 2.05) is 25.4 Å². The molecule has 5 nitrogen and oxygen atoms in total. The highest BCUT2D eigenvalue weighted by Gasteiger charge is 2.26. The number of fused-ring (bicyclic) bond motifs is 2. The molecule has 5 heteroatoms. The number of nitrogens with zero attached hydrogens (tertiary/aromatic N) is 3. The third-order valence-electron chi connectivity index (χ3n) is 6.62. The first-order valence-corrected chi connectivity index (χ1v) is 10.6. The number of aromatic nitrogens is 3. The Morgan fingerprint density at radius 1 is 0.903 bits per heavy atom. The van der Waals surface area contributed by atoms with Crippen LogP contribution in [0.2, 0.25) is 0 Å². The number of pyridine rings is 1. The Morgan fingerprint density at radius 2 is 1.74 bits per heavy atom. The molecule has 0 spiro atoms. The van der Waals surface area contributed by atoms with Crippen molar-refractivity contribution < 1.29 is 0 Å². The summed E-state index contributed by atoms with van der Waals surface area (Å²) in [5.74, 6) is 0.591. The summed E-state index contributed by atoms with van der Waals surface area (Å²) in [6, 6.07) is 18.4. The van der Waals surface area contributed by atoms with E-state index in [0.29, 0.717) is 5.92 Å². The van der Waals surface area contributed by atoms with Crippen molar-refractivity contribution in [1.29, 1.82) is 0 Å². The fraction of sp³-hybridized carbons (Fsp3) is 0.192. The summed E-state index contributed by atoms with van der Waals surface area (Å²) in [7, 11) is 4.19. The third-order valence-corrected chi connectivity index (χ3v) is 6.62. The molecule has 31 heavy (non-hydrogen) atoms. The van der Waals surface area contributed by atoms with E-state index in [4.69, 9.17) is 0 Å². The number of benzene rings is 2. The standard InChI is InChI=1S/C26H24N4O/c1-28-15-20(16-28)23-14-27-24-13-21(4-5-22(23)24)30-10-8-18(12-26(30)31)17-3-6-25-19(11-17)7-9-29(25)2/h3-14,20,27H,15-16H2,1-2H3. The van der Waals surface area contributed by atoms with Crippen molar-refractivity contribution in [2.45, 2.75) is 5.92 Å². The summed E-state index contributed by atoms with van der Waals surface area (Å²) >= 11 is 0. The van der Waals surface area contributed by atoms with Crippen LogP contribution in [-0.4, -0.2) is 39.2 Å². The molecule has 1 aliphatic rings.